The largest absolute Gasteiger partial charge is 0.451 e. The Morgan fingerprint density at radius 2 is 1.72 bits per heavy atom. The van der Waals surface area contributed by atoms with Crippen LogP contribution < -0.4 is 16.2 Å². The van der Waals surface area contributed by atoms with Gasteiger partial charge in [0.1, 0.15) is 5.82 Å². The van der Waals surface area contributed by atoms with Crippen molar-refractivity contribution in [1.29, 1.82) is 0 Å². The first kappa shape index (κ1) is 22.6. The fourth-order valence-electron chi connectivity index (χ4n) is 2.92. The maximum atomic E-state index is 12.9. The van der Waals surface area contributed by atoms with Crippen molar-refractivity contribution < 1.29 is 23.5 Å². The van der Waals surface area contributed by atoms with Crippen LogP contribution in [0, 0.1) is 5.82 Å². The molecule has 0 aliphatic rings. The second-order valence-electron chi connectivity index (χ2n) is 6.83. The minimum atomic E-state index is -0.864. The highest BCUT2D eigenvalue weighted by Gasteiger charge is 2.19. The van der Waals surface area contributed by atoms with Crippen molar-refractivity contribution in [3.05, 3.63) is 70.4 Å². The summed E-state index contributed by atoms with van der Waals surface area (Å²) in [6.45, 7) is 1.20. The van der Waals surface area contributed by atoms with Gasteiger partial charge in [-0.3, -0.25) is 14.4 Å². The molecular weight excluding hydrogens is 419 g/mol. The second-order valence-corrected chi connectivity index (χ2v) is 6.83. The predicted octanol–water partition coefficient (Wildman–Crippen LogP) is 1.86. The first-order valence-electron chi connectivity index (χ1n) is 9.88. The molecule has 0 atom stereocenters. The smallest absolute Gasteiger partial charge is 0.359 e. The van der Waals surface area contributed by atoms with E-state index in [9.17, 15) is 23.6 Å². The van der Waals surface area contributed by atoms with Gasteiger partial charge in [-0.05, 0) is 36.8 Å². The van der Waals surface area contributed by atoms with Gasteiger partial charge in [-0.1, -0.05) is 25.1 Å². The number of hydrogen-bond acceptors (Lipinski definition) is 6. The number of amides is 2. The van der Waals surface area contributed by atoms with Crippen LogP contribution in [0.3, 0.4) is 0 Å². The van der Waals surface area contributed by atoms with E-state index in [1.165, 1.54) is 28.9 Å². The molecule has 0 spiro atoms. The van der Waals surface area contributed by atoms with E-state index in [2.05, 4.69) is 15.7 Å². The van der Waals surface area contributed by atoms with Crippen molar-refractivity contribution in [3.8, 4) is 0 Å². The summed E-state index contributed by atoms with van der Waals surface area (Å²) in [7, 11) is 0. The highest BCUT2D eigenvalue weighted by Crippen LogP contribution is 2.14. The van der Waals surface area contributed by atoms with Crippen LogP contribution in [0.2, 0.25) is 0 Å². The molecule has 0 aliphatic heterocycles. The fourth-order valence-corrected chi connectivity index (χ4v) is 2.92. The summed E-state index contributed by atoms with van der Waals surface area (Å²) in [6, 6.07) is 11.7. The van der Waals surface area contributed by atoms with Gasteiger partial charge in [0, 0.05) is 17.6 Å². The van der Waals surface area contributed by atoms with Gasteiger partial charge in [-0.25, -0.2) is 13.9 Å². The third-order valence-corrected chi connectivity index (χ3v) is 4.40. The number of benzene rings is 2. The molecule has 3 rings (SSSR count). The number of aryl methyl sites for hydroxylation is 1. The number of carbonyl (C=O) groups excluding carboxylic acids is 3. The molecule has 10 heteroatoms. The van der Waals surface area contributed by atoms with Crippen LogP contribution in [-0.4, -0.2) is 40.7 Å². The van der Waals surface area contributed by atoms with Gasteiger partial charge in [-0.15, -0.1) is 0 Å². The Labute approximate surface area is 182 Å². The fraction of sp³-hybridized carbons (Fsp3) is 0.227. The average molecular weight is 440 g/mol. The number of ether oxygens (including phenoxy) is 1. The first-order valence-corrected chi connectivity index (χ1v) is 9.88. The highest BCUT2D eigenvalue weighted by atomic mass is 19.1. The van der Waals surface area contributed by atoms with Crippen molar-refractivity contribution >= 4 is 34.2 Å². The molecule has 0 unspecified atom stereocenters. The third-order valence-electron chi connectivity index (χ3n) is 4.40. The van der Waals surface area contributed by atoms with Crippen molar-refractivity contribution in [2.45, 2.75) is 19.9 Å². The van der Waals surface area contributed by atoms with E-state index in [4.69, 9.17) is 4.74 Å². The van der Waals surface area contributed by atoms with E-state index in [1.54, 1.807) is 24.3 Å². The highest BCUT2D eigenvalue weighted by molar-refractivity contribution is 6.02. The topological polar surface area (TPSA) is 119 Å². The van der Waals surface area contributed by atoms with Gasteiger partial charge in [-0.2, -0.15) is 5.10 Å². The molecule has 2 amide bonds. The molecule has 0 aliphatic carbocycles. The molecule has 0 fully saturated rings. The number of carbonyl (C=O) groups is 3. The molecule has 32 heavy (non-hydrogen) atoms. The quantitative estimate of drug-likeness (QED) is 0.516. The van der Waals surface area contributed by atoms with Crippen LogP contribution >= 0.6 is 0 Å². The zero-order chi connectivity index (χ0) is 23.1. The lowest BCUT2D eigenvalue weighted by Gasteiger charge is -2.10. The number of anilines is 1. The zero-order valence-corrected chi connectivity index (χ0v) is 17.3. The Kier molecular flexibility index (Phi) is 7.27. The second kappa shape index (κ2) is 10.3. The van der Waals surface area contributed by atoms with Gasteiger partial charge in [0.25, 0.3) is 11.5 Å². The van der Waals surface area contributed by atoms with Crippen LogP contribution in [0.15, 0.2) is 53.3 Å². The van der Waals surface area contributed by atoms with Gasteiger partial charge < -0.3 is 15.4 Å². The monoisotopic (exact) mass is 440 g/mol. The Hall–Kier alpha value is -4.08. The average Bonchev–Trinajstić information content (AvgIpc) is 2.79. The van der Waals surface area contributed by atoms with E-state index in [-0.39, 0.29) is 17.8 Å². The number of fused-ring (bicyclic) bond motifs is 1. The molecule has 0 saturated heterocycles. The third kappa shape index (κ3) is 5.54. The van der Waals surface area contributed by atoms with Gasteiger partial charge in [0.2, 0.25) is 5.91 Å². The van der Waals surface area contributed by atoms with E-state index >= 15 is 0 Å². The number of rotatable bonds is 8. The summed E-state index contributed by atoms with van der Waals surface area (Å²) in [5, 5.41) is 9.56. The molecule has 1 aromatic heterocycles. The number of nitrogens with zero attached hydrogens (tertiary/aromatic N) is 2. The Balaban J connectivity index is 1.59. The molecule has 2 aromatic carbocycles. The predicted molar refractivity (Wildman–Crippen MR) is 115 cm³/mol. The lowest BCUT2D eigenvalue weighted by molar-refractivity contribution is -0.126. The number of hydrogen-bond donors (Lipinski definition) is 2. The number of halogens is 1. The van der Waals surface area contributed by atoms with Gasteiger partial charge in [0.05, 0.1) is 11.9 Å². The van der Waals surface area contributed by atoms with Gasteiger partial charge in [0.15, 0.2) is 12.3 Å². The summed E-state index contributed by atoms with van der Waals surface area (Å²) in [6.07, 6.45) is 0.641. The molecular formula is C22H21FN4O5. The van der Waals surface area contributed by atoms with Crippen LogP contribution in [-0.2, 0) is 20.9 Å². The minimum Gasteiger partial charge on any atom is -0.451 e. The van der Waals surface area contributed by atoms with Crippen molar-refractivity contribution in [1.82, 2.24) is 15.1 Å². The lowest BCUT2D eigenvalue weighted by atomic mass is 10.1. The number of aromatic nitrogens is 2. The summed E-state index contributed by atoms with van der Waals surface area (Å²) in [4.78, 5) is 48.9. The summed E-state index contributed by atoms with van der Waals surface area (Å²) >= 11 is 0. The first-order chi connectivity index (χ1) is 15.4. The van der Waals surface area contributed by atoms with Crippen molar-refractivity contribution in [2.24, 2.45) is 0 Å². The Morgan fingerprint density at radius 3 is 2.41 bits per heavy atom. The lowest BCUT2D eigenvalue weighted by Crippen LogP contribution is -2.35. The van der Waals surface area contributed by atoms with E-state index in [1.807, 2.05) is 6.92 Å². The molecule has 9 nitrogen and oxygen atoms in total. The maximum Gasteiger partial charge on any atom is 0.359 e. The minimum absolute atomic E-state index is 0.0736. The maximum absolute atomic E-state index is 12.9. The zero-order valence-electron chi connectivity index (χ0n) is 17.3. The SMILES string of the molecule is CCCn1nc(C(=O)OCC(=O)NCC(=O)Nc2ccc(F)cc2)c2ccccc2c1=O. The van der Waals surface area contributed by atoms with E-state index in [0.29, 0.717) is 29.4 Å². The molecule has 3 aromatic rings. The molecule has 1 heterocycles. The van der Waals surface area contributed by atoms with Crippen LogP contribution in [0.5, 0.6) is 0 Å². The van der Waals surface area contributed by atoms with Crippen molar-refractivity contribution in [3.63, 3.8) is 0 Å². The summed E-state index contributed by atoms with van der Waals surface area (Å²) in [5.74, 6) is -2.53. The number of nitrogens with one attached hydrogen (secondary N) is 2. The van der Waals surface area contributed by atoms with E-state index < -0.39 is 30.2 Å². The molecule has 0 radical (unpaired) electrons. The molecule has 0 saturated carbocycles. The number of esters is 1. The molecule has 2 N–H and O–H groups in total. The molecule has 166 valence electrons. The van der Waals surface area contributed by atoms with Crippen LogP contribution in [0.4, 0.5) is 10.1 Å². The summed E-state index contributed by atoms with van der Waals surface area (Å²) < 4.78 is 19.1. The van der Waals surface area contributed by atoms with Crippen LogP contribution in [0.1, 0.15) is 23.8 Å². The molecule has 0 bridgehead atoms. The standard InChI is InChI=1S/C22H21FN4O5/c1-2-11-27-21(30)17-6-4-3-5-16(17)20(26-27)22(31)32-13-19(29)24-12-18(28)25-15-9-7-14(23)8-10-15/h3-10H,2,11-13H2,1H3,(H,24,29)(H,25,28). The van der Waals surface area contributed by atoms with Gasteiger partial charge >= 0.3 is 5.97 Å². The van der Waals surface area contributed by atoms with Crippen molar-refractivity contribution in [2.75, 3.05) is 18.5 Å². The Morgan fingerprint density at radius 1 is 1.03 bits per heavy atom. The van der Waals surface area contributed by atoms with Crippen LogP contribution in [0.25, 0.3) is 10.8 Å². The Bertz CT molecular complexity index is 1210. The summed E-state index contributed by atoms with van der Waals surface area (Å²) in [5.41, 5.74) is -0.0170. The van der Waals surface area contributed by atoms with E-state index in [0.717, 1.165) is 0 Å². The normalized spacial score (nSPS) is 10.6.